The summed E-state index contributed by atoms with van der Waals surface area (Å²) in [5.74, 6) is 1.38. The monoisotopic (exact) mass is 311 g/mol. The molecule has 1 atom stereocenters. The van der Waals surface area contributed by atoms with Gasteiger partial charge in [-0.25, -0.2) is 4.79 Å². The molecule has 5 heteroatoms. The number of hydrogen-bond donors (Lipinski definition) is 2. The molecule has 0 spiro atoms. The molecule has 22 heavy (non-hydrogen) atoms. The summed E-state index contributed by atoms with van der Waals surface area (Å²) in [4.78, 5) is 16.6. The molecule has 0 aromatic rings. The van der Waals surface area contributed by atoms with Gasteiger partial charge in [-0.15, -0.1) is 0 Å². The van der Waals surface area contributed by atoms with Gasteiger partial charge in [0.25, 0.3) is 0 Å². The predicted molar refractivity (Wildman–Crippen MR) is 88.8 cm³/mol. The lowest BCUT2D eigenvalue weighted by atomic mass is 9.96. The zero-order chi connectivity index (χ0) is 15.9. The number of hydrogen-bond acceptors (Lipinski definition) is 3. The molecule has 2 saturated heterocycles. The number of aliphatic hydroxyl groups is 1. The van der Waals surface area contributed by atoms with Gasteiger partial charge in [-0.1, -0.05) is 13.8 Å². The van der Waals surface area contributed by atoms with Crippen molar-refractivity contribution in [1.29, 1.82) is 0 Å². The van der Waals surface area contributed by atoms with Crippen LogP contribution in [0.25, 0.3) is 0 Å². The van der Waals surface area contributed by atoms with E-state index >= 15 is 0 Å². The van der Waals surface area contributed by atoms with E-state index in [9.17, 15) is 9.90 Å². The van der Waals surface area contributed by atoms with Crippen molar-refractivity contribution in [3.8, 4) is 0 Å². The van der Waals surface area contributed by atoms with Gasteiger partial charge in [0.2, 0.25) is 0 Å². The minimum absolute atomic E-state index is 0.0128. The summed E-state index contributed by atoms with van der Waals surface area (Å²) in [6.45, 7) is 9.74. The first-order valence-electron chi connectivity index (χ1n) is 8.97. The highest BCUT2D eigenvalue weighted by molar-refractivity contribution is 5.74. The van der Waals surface area contributed by atoms with Crippen molar-refractivity contribution in [3.63, 3.8) is 0 Å². The first-order valence-corrected chi connectivity index (χ1v) is 8.97. The van der Waals surface area contributed by atoms with Crippen LogP contribution in [0.1, 0.15) is 46.0 Å². The van der Waals surface area contributed by atoms with Gasteiger partial charge in [0.1, 0.15) is 0 Å². The second-order valence-electron chi connectivity index (χ2n) is 7.33. The summed E-state index contributed by atoms with van der Waals surface area (Å²) in [7, 11) is 0. The van der Waals surface area contributed by atoms with E-state index in [4.69, 9.17) is 0 Å². The Kier molecular flexibility index (Phi) is 6.96. The molecular weight excluding hydrogens is 278 g/mol. The number of aliphatic hydroxyl groups excluding tert-OH is 1. The van der Waals surface area contributed by atoms with Gasteiger partial charge in [-0.2, -0.15) is 0 Å². The number of carbonyl (C=O) groups is 1. The molecule has 0 radical (unpaired) electrons. The molecule has 2 N–H and O–H groups in total. The first kappa shape index (κ1) is 17.5. The molecule has 2 aliphatic rings. The van der Waals surface area contributed by atoms with Gasteiger partial charge >= 0.3 is 6.03 Å². The second-order valence-corrected chi connectivity index (χ2v) is 7.33. The van der Waals surface area contributed by atoms with Crippen LogP contribution in [0.5, 0.6) is 0 Å². The third-order valence-corrected chi connectivity index (χ3v) is 5.12. The lowest BCUT2D eigenvalue weighted by molar-refractivity contribution is 0.149. The van der Waals surface area contributed by atoms with Crippen LogP contribution in [0.15, 0.2) is 0 Å². The summed E-state index contributed by atoms with van der Waals surface area (Å²) in [5.41, 5.74) is 0. The Balaban J connectivity index is 1.63. The highest BCUT2D eigenvalue weighted by Gasteiger charge is 2.28. The maximum absolute atomic E-state index is 12.2. The van der Waals surface area contributed by atoms with Crippen LogP contribution in [-0.2, 0) is 0 Å². The first-order chi connectivity index (χ1) is 10.6. The second kappa shape index (κ2) is 8.73. The molecule has 2 amide bonds. The Hall–Kier alpha value is -0.810. The van der Waals surface area contributed by atoms with E-state index in [2.05, 4.69) is 24.1 Å². The lowest BCUT2D eigenvalue weighted by Gasteiger charge is -2.33. The van der Waals surface area contributed by atoms with Crippen molar-refractivity contribution >= 4 is 6.03 Å². The summed E-state index contributed by atoms with van der Waals surface area (Å²) in [6, 6.07) is 0.0386. The van der Waals surface area contributed by atoms with Gasteiger partial charge in [0.05, 0.1) is 12.6 Å². The SMILES string of the molecule is CC(C)CCN1CCC(CNC(=O)N2CCC[C@@H]2CO)CC1. The van der Waals surface area contributed by atoms with Gasteiger partial charge in [-0.3, -0.25) is 0 Å². The number of rotatable bonds is 6. The van der Waals surface area contributed by atoms with Crippen molar-refractivity contribution in [2.45, 2.75) is 52.0 Å². The van der Waals surface area contributed by atoms with Crippen LogP contribution in [-0.4, -0.2) is 66.3 Å². The molecule has 128 valence electrons. The average Bonchev–Trinajstić information content (AvgIpc) is 3.00. The number of likely N-dealkylation sites (tertiary alicyclic amines) is 2. The quantitative estimate of drug-likeness (QED) is 0.788. The van der Waals surface area contributed by atoms with E-state index in [1.54, 1.807) is 4.90 Å². The summed E-state index contributed by atoms with van der Waals surface area (Å²) in [5, 5.41) is 12.4. The largest absolute Gasteiger partial charge is 0.394 e. The Bertz CT molecular complexity index is 341. The van der Waals surface area contributed by atoms with Crippen LogP contribution in [0.3, 0.4) is 0 Å². The molecule has 2 fully saturated rings. The molecule has 0 bridgehead atoms. The number of carbonyl (C=O) groups excluding carboxylic acids is 1. The maximum atomic E-state index is 12.2. The smallest absolute Gasteiger partial charge is 0.317 e. The van der Waals surface area contributed by atoms with Gasteiger partial charge in [0.15, 0.2) is 0 Å². The molecule has 0 unspecified atom stereocenters. The fraction of sp³-hybridized carbons (Fsp3) is 0.941. The molecule has 0 aliphatic carbocycles. The molecule has 2 aliphatic heterocycles. The van der Waals surface area contributed by atoms with E-state index in [0.717, 1.165) is 44.9 Å². The maximum Gasteiger partial charge on any atom is 0.317 e. The summed E-state index contributed by atoms with van der Waals surface area (Å²) < 4.78 is 0. The third-order valence-electron chi connectivity index (χ3n) is 5.12. The summed E-state index contributed by atoms with van der Waals surface area (Å²) >= 11 is 0. The number of piperidine rings is 1. The number of amides is 2. The number of nitrogens with zero attached hydrogens (tertiary/aromatic N) is 2. The van der Waals surface area contributed by atoms with Crippen molar-refractivity contribution in [3.05, 3.63) is 0 Å². The van der Waals surface area contributed by atoms with Crippen molar-refractivity contribution in [2.24, 2.45) is 11.8 Å². The zero-order valence-corrected chi connectivity index (χ0v) is 14.3. The fourth-order valence-electron chi connectivity index (χ4n) is 3.48. The average molecular weight is 311 g/mol. The predicted octanol–water partition coefficient (Wildman–Crippen LogP) is 1.91. The van der Waals surface area contributed by atoms with E-state index in [-0.39, 0.29) is 18.7 Å². The molecule has 0 aromatic heterocycles. The van der Waals surface area contributed by atoms with Gasteiger partial charge in [0, 0.05) is 13.1 Å². The van der Waals surface area contributed by atoms with Crippen molar-refractivity contribution in [1.82, 2.24) is 15.1 Å². The molecule has 2 rings (SSSR count). The minimum atomic E-state index is 0.0128. The van der Waals surface area contributed by atoms with Crippen LogP contribution in [0.2, 0.25) is 0 Å². The van der Waals surface area contributed by atoms with Crippen LogP contribution in [0.4, 0.5) is 4.79 Å². The van der Waals surface area contributed by atoms with Gasteiger partial charge < -0.3 is 20.2 Å². The van der Waals surface area contributed by atoms with E-state index in [1.165, 1.54) is 25.8 Å². The number of nitrogens with one attached hydrogen (secondary N) is 1. The third kappa shape index (κ3) is 5.13. The van der Waals surface area contributed by atoms with E-state index < -0.39 is 0 Å². The Labute approximate surface area is 135 Å². The van der Waals surface area contributed by atoms with Crippen LogP contribution in [0, 0.1) is 11.8 Å². The topological polar surface area (TPSA) is 55.8 Å². The van der Waals surface area contributed by atoms with Crippen LogP contribution >= 0.6 is 0 Å². The van der Waals surface area contributed by atoms with Crippen molar-refractivity contribution in [2.75, 3.05) is 39.3 Å². The standard InChI is InChI=1S/C17H33N3O2/c1-14(2)5-9-19-10-6-15(7-11-19)12-18-17(22)20-8-3-4-16(20)13-21/h14-16,21H,3-13H2,1-2H3,(H,18,22)/t16-/m1/s1. The van der Waals surface area contributed by atoms with Crippen molar-refractivity contribution < 1.29 is 9.90 Å². The molecule has 0 saturated carbocycles. The molecule has 2 heterocycles. The molecule has 0 aromatic carbocycles. The number of urea groups is 1. The minimum Gasteiger partial charge on any atom is -0.394 e. The van der Waals surface area contributed by atoms with E-state index in [1.807, 2.05) is 0 Å². The Morgan fingerprint density at radius 1 is 1.23 bits per heavy atom. The normalized spacial score (nSPS) is 24.2. The highest BCUT2D eigenvalue weighted by atomic mass is 16.3. The highest BCUT2D eigenvalue weighted by Crippen LogP contribution is 2.19. The molecular formula is C17H33N3O2. The van der Waals surface area contributed by atoms with E-state index in [0.29, 0.717) is 5.92 Å². The Morgan fingerprint density at radius 3 is 2.59 bits per heavy atom. The summed E-state index contributed by atoms with van der Waals surface area (Å²) in [6.07, 6.45) is 5.58. The molecule has 5 nitrogen and oxygen atoms in total. The van der Waals surface area contributed by atoms with Crippen LogP contribution < -0.4 is 5.32 Å². The Morgan fingerprint density at radius 2 is 1.95 bits per heavy atom. The lowest BCUT2D eigenvalue weighted by Crippen LogP contribution is -2.46. The zero-order valence-electron chi connectivity index (χ0n) is 14.3. The fourth-order valence-corrected chi connectivity index (χ4v) is 3.48. The van der Waals surface area contributed by atoms with Gasteiger partial charge in [-0.05, 0) is 63.6 Å².